The maximum atomic E-state index is 13.1. The minimum atomic E-state index is -4.58. The Morgan fingerprint density at radius 1 is 1.50 bits per heavy atom. The lowest BCUT2D eigenvalue weighted by molar-refractivity contribution is -0.387. The van der Waals surface area contributed by atoms with Crippen LogP contribution in [0.1, 0.15) is 5.56 Å². The molecule has 0 unspecified atom stereocenters. The minimum Gasteiger partial charge on any atom is -0.258 e. The number of nitro groups is 1. The Morgan fingerprint density at radius 3 is 2.44 bits per heavy atom. The van der Waals surface area contributed by atoms with E-state index in [1.54, 1.807) is 0 Å². The Bertz CT molecular complexity index is 608. The van der Waals surface area contributed by atoms with Crippen LogP contribution in [0.15, 0.2) is 17.0 Å². The van der Waals surface area contributed by atoms with Gasteiger partial charge in [0, 0.05) is 16.7 Å². The van der Waals surface area contributed by atoms with Crippen LogP contribution in [0.5, 0.6) is 0 Å². The summed E-state index contributed by atoms with van der Waals surface area (Å²) in [5.74, 6) is -1.19. The van der Waals surface area contributed by atoms with Gasteiger partial charge in [0.1, 0.15) is 17.4 Å². The van der Waals surface area contributed by atoms with E-state index in [-0.39, 0.29) is 0 Å². The van der Waals surface area contributed by atoms with Gasteiger partial charge in [0.05, 0.1) is 4.92 Å². The second-order valence-corrected chi connectivity index (χ2v) is 5.08. The Morgan fingerprint density at radius 2 is 2.06 bits per heavy atom. The third-order valence-electron chi connectivity index (χ3n) is 1.64. The van der Waals surface area contributed by atoms with Crippen LogP contribution in [0.25, 0.3) is 0 Å². The second-order valence-electron chi connectivity index (χ2n) is 2.58. The first-order chi connectivity index (χ1) is 7.29. The molecule has 0 aromatic heterocycles. The molecule has 0 amide bonds. The van der Waals surface area contributed by atoms with Gasteiger partial charge in [0.25, 0.3) is 14.7 Å². The van der Waals surface area contributed by atoms with E-state index in [1.807, 2.05) is 0 Å². The highest BCUT2D eigenvalue weighted by molar-refractivity contribution is 8.13. The summed E-state index contributed by atoms with van der Waals surface area (Å²) in [6.07, 6.45) is 0. The van der Waals surface area contributed by atoms with Crippen LogP contribution in [-0.2, 0) is 9.05 Å². The van der Waals surface area contributed by atoms with Crippen LogP contribution in [0.2, 0.25) is 0 Å². The van der Waals surface area contributed by atoms with E-state index < -0.39 is 35.9 Å². The Kier molecular flexibility index (Phi) is 3.11. The van der Waals surface area contributed by atoms with Crippen LogP contribution < -0.4 is 0 Å². The summed E-state index contributed by atoms with van der Waals surface area (Å²) in [6, 6.07) is 2.48. The fraction of sp³-hybridized carbons (Fsp3) is 0. The molecule has 0 fully saturated rings. The number of rotatable bonds is 2. The molecule has 0 saturated heterocycles. The smallest absolute Gasteiger partial charge is 0.258 e. The van der Waals surface area contributed by atoms with Crippen molar-refractivity contribution in [3.8, 4) is 6.07 Å². The van der Waals surface area contributed by atoms with Crippen molar-refractivity contribution in [3.05, 3.63) is 33.6 Å². The van der Waals surface area contributed by atoms with Gasteiger partial charge in [-0.1, -0.05) is 0 Å². The Labute approximate surface area is 93.4 Å². The number of hydrogen-bond donors (Lipinski definition) is 0. The van der Waals surface area contributed by atoms with Gasteiger partial charge in [0.2, 0.25) is 0 Å². The number of nitrogens with zero attached hydrogens (tertiary/aromatic N) is 2. The fourth-order valence-corrected chi connectivity index (χ4v) is 2.29. The van der Waals surface area contributed by atoms with Crippen molar-refractivity contribution in [2.45, 2.75) is 4.90 Å². The summed E-state index contributed by atoms with van der Waals surface area (Å²) in [5.41, 5.74) is -1.91. The molecule has 0 atom stereocenters. The number of nitro benzene ring substituents is 1. The third-order valence-corrected chi connectivity index (χ3v) is 3.00. The molecule has 16 heavy (non-hydrogen) atoms. The molecule has 1 aromatic rings. The van der Waals surface area contributed by atoms with Gasteiger partial charge in [-0.25, -0.2) is 12.8 Å². The van der Waals surface area contributed by atoms with Crippen molar-refractivity contribution in [1.82, 2.24) is 0 Å². The summed E-state index contributed by atoms with van der Waals surface area (Å²) < 4.78 is 35.1. The van der Waals surface area contributed by atoms with Crippen LogP contribution in [0, 0.1) is 27.3 Å². The number of halogens is 2. The SMILES string of the molecule is N#Cc1c(F)ccc([N+](=O)[O-])c1S(=O)(=O)Cl. The number of benzene rings is 1. The van der Waals surface area contributed by atoms with E-state index in [1.165, 1.54) is 6.07 Å². The van der Waals surface area contributed by atoms with Crippen molar-refractivity contribution >= 4 is 25.4 Å². The Hall–Kier alpha value is -1.72. The first-order valence-corrected chi connectivity index (χ1v) is 5.91. The average Bonchev–Trinajstić information content (AvgIpc) is 2.15. The van der Waals surface area contributed by atoms with Crippen molar-refractivity contribution < 1.29 is 17.7 Å². The summed E-state index contributed by atoms with van der Waals surface area (Å²) in [5, 5.41) is 19.0. The predicted molar refractivity (Wildman–Crippen MR) is 50.8 cm³/mol. The first-order valence-electron chi connectivity index (χ1n) is 3.60. The van der Waals surface area contributed by atoms with Gasteiger partial charge in [-0.2, -0.15) is 5.26 Å². The molecule has 84 valence electrons. The van der Waals surface area contributed by atoms with E-state index in [0.717, 1.165) is 0 Å². The average molecular weight is 265 g/mol. The van der Waals surface area contributed by atoms with Crippen molar-refractivity contribution in [2.24, 2.45) is 0 Å². The van der Waals surface area contributed by atoms with E-state index in [0.29, 0.717) is 12.1 Å². The minimum absolute atomic E-state index is 0.627. The maximum Gasteiger partial charge on any atom is 0.290 e. The third kappa shape index (κ3) is 2.10. The largest absolute Gasteiger partial charge is 0.290 e. The predicted octanol–water partition coefficient (Wildman–Crippen LogP) is 1.53. The zero-order chi connectivity index (χ0) is 12.5. The quantitative estimate of drug-likeness (QED) is 0.458. The van der Waals surface area contributed by atoms with Crippen molar-refractivity contribution in [1.29, 1.82) is 5.26 Å². The topological polar surface area (TPSA) is 101 Å². The van der Waals surface area contributed by atoms with Crippen LogP contribution in [-0.4, -0.2) is 13.3 Å². The maximum absolute atomic E-state index is 13.1. The second kappa shape index (κ2) is 4.03. The van der Waals surface area contributed by atoms with Crippen LogP contribution >= 0.6 is 10.7 Å². The molecule has 0 heterocycles. The summed E-state index contributed by atoms with van der Waals surface area (Å²) in [7, 11) is 0.338. The van der Waals surface area contributed by atoms with Gasteiger partial charge in [-0.3, -0.25) is 10.1 Å². The van der Waals surface area contributed by atoms with Gasteiger partial charge in [-0.15, -0.1) is 0 Å². The first kappa shape index (κ1) is 12.4. The fourth-order valence-electron chi connectivity index (χ4n) is 1.04. The highest BCUT2D eigenvalue weighted by Gasteiger charge is 2.30. The van der Waals surface area contributed by atoms with E-state index in [9.17, 15) is 22.9 Å². The molecule has 0 radical (unpaired) electrons. The van der Waals surface area contributed by atoms with Gasteiger partial charge < -0.3 is 0 Å². The molecule has 9 heteroatoms. The molecule has 0 aliphatic carbocycles. The molecule has 0 aliphatic rings. The van der Waals surface area contributed by atoms with Gasteiger partial charge in [0.15, 0.2) is 4.90 Å². The lowest BCUT2D eigenvalue weighted by Crippen LogP contribution is -2.03. The molecule has 0 spiro atoms. The molecule has 0 aliphatic heterocycles. The van der Waals surface area contributed by atoms with Crippen LogP contribution in [0.4, 0.5) is 10.1 Å². The summed E-state index contributed by atoms with van der Waals surface area (Å²) in [6.45, 7) is 0. The Balaban J connectivity index is 3.84. The lowest BCUT2D eigenvalue weighted by Gasteiger charge is -2.01. The molecule has 1 aromatic carbocycles. The summed E-state index contributed by atoms with van der Waals surface area (Å²) >= 11 is 0. The molecule has 0 bridgehead atoms. The van der Waals surface area contributed by atoms with Gasteiger partial charge >= 0.3 is 0 Å². The molecular weight excluding hydrogens is 263 g/mol. The molecule has 0 N–H and O–H groups in total. The van der Waals surface area contributed by atoms with Gasteiger partial charge in [-0.05, 0) is 6.07 Å². The van der Waals surface area contributed by atoms with E-state index in [4.69, 9.17) is 15.9 Å². The molecule has 6 nitrogen and oxygen atoms in total. The zero-order valence-electron chi connectivity index (χ0n) is 7.35. The highest BCUT2D eigenvalue weighted by Crippen LogP contribution is 2.31. The van der Waals surface area contributed by atoms with Crippen molar-refractivity contribution in [3.63, 3.8) is 0 Å². The number of nitriles is 1. The zero-order valence-corrected chi connectivity index (χ0v) is 8.92. The van der Waals surface area contributed by atoms with Crippen molar-refractivity contribution in [2.75, 3.05) is 0 Å². The lowest BCUT2D eigenvalue weighted by atomic mass is 10.2. The highest BCUT2D eigenvalue weighted by atomic mass is 35.7. The molecular formula is C7H2ClFN2O4S. The number of hydrogen-bond acceptors (Lipinski definition) is 5. The molecule has 1 rings (SSSR count). The van der Waals surface area contributed by atoms with Crippen LogP contribution in [0.3, 0.4) is 0 Å². The van der Waals surface area contributed by atoms with E-state index in [2.05, 4.69) is 0 Å². The normalized spacial score (nSPS) is 10.8. The molecule has 0 saturated carbocycles. The van der Waals surface area contributed by atoms with E-state index >= 15 is 0 Å². The standard InChI is InChI=1S/C7H2ClFN2O4S/c8-16(14,15)7-4(3-10)5(9)1-2-6(7)11(12)13/h1-2H. The summed E-state index contributed by atoms with van der Waals surface area (Å²) in [4.78, 5) is 8.32. The monoisotopic (exact) mass is 264 g/mol.